The van der Waals surface area contributed by atoms with Gasteiger partial charge in [-0.3, -0.25) is 4.79 Å². The minimum absolute atomic E-state index is 0.175. The van der Waals surface area contributed by atoms with Gasteiger partial charge in [0.1, 0.15) is 5.75 Å². The molecule has 2 heteroatoms. The Labute approximate surface area is 115 Å². The van der Waals surface area contributed by atoms with Crippen LogP contribution in [0.2, 0.25) is 0 Å². The van der Waals surface area contributed by atoms with E-state index in [1.165, 1.54) is 0 Å². The number of carbonyl (C=O) groups is 1. The highest BCUT2D eigenvalue weighted by atomic mass is 16.5. The second-order valence-corrected chi connectivity index (χ2v) is 5.31. The van der Waals surface area contributed by atoms with Crippen molar-refractivity contribution in [2.45, 2.75) is 39.5 Å². The monoisotopic (exact) mass is 258 g/mol. The molecule has 102 valence electrons. The van der Waals surface area contributed by atoms with Crippen LogP contribution in [0.1, 0.15) is 49.9 Å². The summed E-state index contributed by atoms with van der Waals surface area (Å²) in [4.78, 5) is 12.3. The number of benzene rings is 1. The highest BCUT2D eigenvalue weighted by molar-refractivity contribution is 6.08. The Morgan fingerprint density at radius 2 is 2.05 bits per heavy atom. The van der Waals surface area contributed by atoms with Gasteiger partial charge < -0.3 is 4.74 Å². The van der Waals surface area contributed by atoms with Crippen molar-refractivity contribution in [1.29, 1.82) is 0 Å². The molecule has 2 rings (SSSR count). The second-order valence-electron chi connectivity index (χ2n) is 5.31. The molecule has 19 heavy (non-hydrogen) atoms. The molecule has 1 unspecified atom stereocenters. The van der Waals surface area contributed by atoms with E-state index in [2.05, 4.69) is 19.9 Å². The van der Waals surface area contributed by atoms with Crippen molar-refractivity contribution in [3.63, 3.8) is 0 Å². The van der Waals surface area contributed by atoms with Gasteiger partial charge in [0.25, 0.3) is 0 Å². The molecule has 0 fully saturated rings. The molecule has 0 radical (unpaired) electrons. The molecule has 0 heterocycles. The van der Waals surface area contributed by atoms with Crippen molar-refractivity contribution in [3.8, 4) is 5.75 Å². The third kappa shape index (κ3) is 3.69. The van der Waals surface area contributed by atoms with E-state index >= 15 is 0 Å². The first-order chi connectivity index (χ1) is 9.20. The normalized spacial score (nSPS) is 18.8. The molecular formula is C17H22O2. The van der Waals surface area contributed by atoms with Crippen LogP contribution in [0.15, 0.2) is 35.9 Å². The van der Waals surface area contributed by atoms with Gasteiger partial charge in [-0.25, -0.2) is 0 Å². The zero-order chi connectivity index (χ0) is 13.7. The Bertz CT molecular complexity index is 457. The molecule has 1 aliphatic rings. The summed E-state index contributed by atoms with van der Waals surface area (Å²) in [6.07, 6.45) is 6.16. The van der Waals surface area contributed by atoms with Crippen LogP contribution in [-0.4, -0.2) is 12.4 Å². The third-order valence-electron chi connectivity index (χ3n) is 3.55. The second kappa shape index (κ2) is 6.55. The van der Waals surface area contributed by atoms with E-state index in [9.17, 15) is 4.79 Å². The van der Waals surface area contributed by atoms with Crippen LogP contribution in [0.3, 0.4) is 0 Å². The first kappa shape index (κ1) is 13.9. The fourth-order valence-electron chi connectivity index (χ4n) is 2.28. The number of ether oxygens (including phenoxy) is 1. The average molecular weight is 258 g/mol. The predicted octanol–water partition coefficient (Wildman–Crippen LogP) is 4.40. The van der Waals surface area contributed by atoms with E-state index < -0.39 is 0 Å². The first-order valence-corrected chi connectivity index (χ1v) is 7.17. The zero-order valence-electron chi connectivity index (χ0n) is 11.8. The van der Waals surface area contributed by atoms with E-state index in [1.807, 2.05) is 24.3 Å². The number of ketones is 1. The summed E-state index contributed by atoms with van der Waals surface area (Å²) >= 11 is 0. The molecular weight excluding hydrogens is 236 g/mol. The summed E-state index contributed by atoms with van der Waals surface area (Å²) in [6.45, 7) is 5.03. The average Bonchev–Trinajstić information content (AvgIpc) is 2.46. The van der Waals surface area contributed by atoms with Gasteiger partial charge in [-0.2, -0.15) is 0 Å². The Kier molecular flexibility index (Phi) is 4.78. The minimum Gasteiger partial charge on any atom is -0.494 e. The highest BCUT2D eigenvalue weighted by Crippen LogP contribution is 2.26. The standard InChI is InChI=1S/C17H22O2/c1-3-12-19-16-10-8-15(9-11-16)17(18)14-6-4-13(2)5-7-14/h6,8-11,13H,3-5,7,12H2,1-2H3. The van der Waals surface area contributed by atoms with Gasteiger partial charge in [0.05, 0.1) is 6.61 Å². The topological polar surface area (TPSA) is 26.3 Å². The van der Waals surface area contributed by atoms with E-state index in [0.29, 0.717) is 5.92 Å². The Hall–Kier alpha value is -1.57. The van der Waals surface area contributed by atoms with Gasteiger partial charge in [-0.15, -0.1) is 0 Å². The SMILES string of the molecule is CCCOc1ccc(C(=O)C2=CCC(C)CC2)cc1. The minimum atomic E-state index is 0.175. The van der Waals surface area contributed by atoms with Crippen molar-refractivity contribution >= 4 is 5.78 Å². The summed E-state index contributed by atoms with van der Waals surface area (Å²) in [5.74, 6) is 1.72. The van der Waals surface area contributed by atoms with E-state index in [-0.39, 0.29) is 5.78 Å². The largest absolute Gasteiger partial charge is 0.494 e. The fourth-order valence-corrected chi connectivity index (χ4v) is 2.28. The predicted molar refractivity (Wildman–Crippen MR) is 77.7 cm³/mol. The highest BCUT2D eigenvalue weighted by Gasteiger charge is 2.17. The van der Waals surface area contributed by atoms with Crippen molar-refractivity contribution < 1.29 is 9.53 Å². The van der Waals surface area contributed by atoms with E-state index in [4.69, 9.17) is 4.74 Å². The fraction of sp³-hybridized carbons (Fsp3) is 0.471. The molecule has 1 aliphatic carbocycles. The van der Waals surface area contributed by atoms with Gasteiger partial charge in [0.2, 0.25) is 0 Å². The molecule has 0 amide bonds. The number of hydrogen-bond donors (Lipinski definition) is 0. The van der Waals surface area contributed by atoms with E-state index in [0.717, 1.165) is 49.2 Å². The van der Waals surface area contributed by atoms with Crippen molar-refractivity contribution in [1.82, 2.24) is 0 Å². The molecule has 1 aromatic rings. The van der Waals surface area contributed by atoms with Crippen LogP contribution in [0.4, 0.5) is 0 Å². The summed E-state index contributed by atoms with van der Waals surface area (Å²) in [7, 11) is 0. The molecule has 0 aromatic heterocycles. The van der Waals surface area contributed by atoms with Gasteiger partial charge in [-0.05, 0) is 61.4 Å². The lowest BCUT2D eigenvalue weighted by molar-refractivity contribution is 0.102. The summed E-state index contributed by atoms with van der Waals surface area (Å²) in [5, 5.41) is 0. The Morgan fingerprint density at radius 1 is 1.32 bits per heavy atom. The molecule has 1 atom stereocenters. The summed E-state index contributed by atoms with van der Waals surface area (Å²) in [6, 6.07) is 7.50. The number of rotatable bonds is 5. The lowest BCUT2D eigenvalue weighted by Gasteiger charge is -2.17. The van der Waals surface area contributed by atoms with Gasteiger partial charge in [0, 0.05) is 5.56 Å². The number of hydrogen-bond acceptors (Lipinski definition) is 2. The van der Waals surface area contributed by atoms with Crippen LogP contribution in [-0.2, 0) is 0 Å². The zero-order valence-corrected chi connectivity index (χ0v) is 11.8. The van der Waals surface area contributed by atoms with Crippen LogP contribution in [0.25, 0.3) is 0 Å². The van der Waals surface area contributed by atoms with Gasteiger partial charge in [0.15, 0.2) is 5.78 Å². The maximum atomic E-state index is 12.3. The van der Waals surface area contributed by atoms with Crippen molar-refractivity contribution in [2.24, 2.45) is 5.92 Å². The van der Waals surface area contributed by atoms with Crippen LogP contribution >= 0.6 is 0 Å². The Balaban J connectivity index is 2.03. The summed E-state index contributed by atoms with van der Waals surface area (Å²) < 4.78 is 5.52. The van der Waals surface area contributed by atoms with Crippen molar-refractivity contribution in [2.75, 3.05) is 6.61 Å². The first-order valence-electron chi connectivity index (χ1n) is 7.17. The molecule has 0 saturated heterocycles. The number of allylic oxidation sites excluding steroid dienone is 2. The quantitative estimate of drug-likeness (QED) is 0.731. The van der Waals surface area contributed by atoms with Crippen LogP contribution < -0.4 is 4.74 Å². The molecule has 0 saturated carbocycles. The molecule has 0 N–H and O–H groups in total. The smallest absolute Gasteiger partial charge is 0.188 e. The van der Waals surface area contributed by atoms with Crippen LogP contribution in [0, 0.1) is 5.92 Å². The Morgan fingerprint density at radius 3 is 2.63 bits per heavy atom. The lowest BCUT2D eigenvalue weighted by atomic mass is 9.87. The molecule has 0 aliphatic heterocycles. The van der Waals surface area contributed by atoms with Crippen LogP contribution in [0.5, 0.6) is 5.75 Å². The van der Waals surface area contributed by atoms with Gasteiger partial charge in [-0.1, -0.05) is 19.9 Å². The summed E-state index contributed by atoms with van der Waals surface area (Å²) in [5.41, 5.74) is 1.74. The molecule has 0 spiro atoms. The third-order valence-corrected chi connectivity index (χ3v) is 3.55. The maximum absolute atomic E-state index is 12.3. The molecule has 1 aromatic carbocycles. The molecule has 0 bridgehead atoms. The number of Topliss-reactive ketones (excluding diaryl/α,β-unsaturated/α-hetero) is 1. The molecule has 2 nitrogen and oxygen atoms in total. The maximum Gasteiger partial charge on any atom is 0.188 e. The van der Waals surface area contributed by atoms with Gasteiger partial charge >= 0.3 is 0 Å². The number of carbonyl (C=O) groups excluding carboxylic acids is 1. The van der Waals surface area contributed by atoms with Crippen molar-refractivity contribution in [3.05, 3.63) is 41.5 Å². The van der Waals surface area contributed by atoms with E-state index in [1.54, 1.807) is 0 Å². The lowest BCUT2D eigenvalue weighted by Crippen LogP contribution is -2.10.